The van der Waals surface area contributed by atoms with E-state index in [1.807, 2.05) is 6.07 Å². The van der Waals surface area contributed by atoms with Gasteiger partial charge < -0.3 is 10.6 Å². The van der Waals surface area contributed by atoms with Crippen LogP contribution in [0, 0.1) is 11.3 Å². The molecule has 0 saturated carbocycles. The quantitative estimate of drug-likeness (QED) is 0.777. The Bertz CT molecular complexity index is 853. The van der Waals surface area contributed by atoms with Crippen LogP contribution in [0.3, 0.4) is 0 Å². The first-order valence-electron chi connectivity index (χ1n) is 8.81. The molecule has 6 heteroatoms. The summed E-state index contributed by atoms with van der Waals surface area (Å²) in [5.41, 5.74) is 2.99. The van der Waals surface area contributed by atoms with Crippen molar-refractivity contribution in [3.05, 3.63) is 59.4 Å². The second kappa shape index (κ2) is 8.77. The minimum atomic E-state index is -0.211. The standard InChI is InChI=1S/C20H21N5O/c21-14-16-7-4-8-17(13-16)24-20-23-12-10-18(25-20)19(26)22-11-9-15-5-2-1-3-6-15/h4-5,7-8,10,12-13H,1-3,6,9,11H2,(H,22,26)(H,23,24,25). The van der Waals surface area contributed by atoms with Gasteiger partial charge in [0.1, 0.15) is 5.69 Å². The summed E-state index contributed by atoms with van der Waals surface area (Å²) < 4.78 is 0. The summed E-state index contributed by atoms with van der Waals surface area (Å²) in [6.45, 7) is 0.613. The molecule has 132 valence electrons. The second-order valence-electron chi connectivity index (χ2n) is 6.20. The summed E-state index contributed by atoms with van der Waals surface area (Å²) in [4.78, 5) is 20.7. The molecule has 2 N–H and O–H groups in total. The lowest BCUT2D eigenvalue weighted by atomic mass is 9.97. The van der Waals surface area contributed by atoms with E-state index < -0.39 is 0 Å². The molecule has 1 amide bonds. The van der Waals surface area contributed by atoms with Gasteiger partial charge in [-0.05, 0) is 56.4 Å². The van der Waals surface area contributed by atoms with Crippen LogP contribution in [-0.2, 0) is 0 Å². The Balaban J connectivity index is 1.58. The van der Waals surface area contributed by atoms with Crippen molar-refractivity contribution in [1.82, 2.24) is 15.3 Å². The fourth-order valence-corrected chi connectivity index (χ4v) is 2.90. The molecule has 1 aromatic carbocycles. The molecule has 1 aromatic heterocycles. The number of hydrogen-bond acceptors (Lipinski definition) is 5. The third-order valence-electron chi connectivity index (χ3n) is 4.25. The molecule has 26 heavy (non-hydrogen) atoms. The Labute approximate surface area is 153 Å². The molecule has 3 rings (SSSR count). The van der Waals surface area contributed by atoms with Crippen molar-refractivity contribution < 1.29 is 4.79 Å². The molecule has 6 nitrogen and oxygen atoms in total. The average Bonchev–Trinajstić information content (AvgIpc) is 2.69. The Hall–Kier alpha value is -3.20. The molecule has 0 fully saturated rings. The number of nitrogens with one attached hydrogen (secondary N) is 2. The molecule has 0 radical (unpaired) electrons. The van der Waals surface area contributed by atoms with Crippen LogP contribution in [0.5, 0.6) is 0 Å². The lowest BCUT2D eigenvalue weighted by molar-refractivity contribution is 0.0949. The zero-order valence-corrected chi connectivity index (χ0v) is 14.5. The largest absolute Gasteiger partial charge is 0.350 e. The predicted molar refractivity (Wildman–Crippen MR) is 100.0 cm³/mol. The SMILES string of the molecule is N#Cc1cccc(Nc2nccc(C(=O)NCCC3=CCCCC3)n2)c1. The van der Waals surface area contributed by atoms with Gasteiger partial charge in [-0.25, -0.2) is 9.97 Å². The fourth-order valence-electron chi connectivity index (χ4n) is 2.90. The molecule has 0 bridgehead atoms. The first kappa shape index (κ1) is 17.6. The Morgan fingerprint density at radius 3 is 3.00 bits per heavy atom. The monoisotopic (exact) mass is 347 g/mol. The smallest absolute Gasteiger partial charge is 0.270 e. The van der Waals surface area contributed by atoms with Crippen LogP contribution in [0.2, 0.25) is 0 Å². The van der Waals surface area contributed by atoms with Gasteiger partial charge in [-0.3, -0.25) is 4.79 Å². The van der Waals surface area contributed by atoms with Crippen LogP contribution in [0.15, 0.2) is 48.2 Å². The van der Waals surface area contributed by atoms with E-state index in [4.69, 9.17) is 5.26 Å². The number of allylic oxidation sites excluding steroid dienone is 1. The lowest BCUT2D eigenvalue weighted by Crippen LogP contribution is -2.26. The number of amides is 1. The molecule has 0 atom stereocenters. The van der Waals surface area contributed by atoms with Gasteiger partial charge in [0.15, 0.2) is 0 Å². The summed E-state index contributed by atoms with van der Waals surface area (Å²) in [6.07, 6.45) is 9.52. The number of hydrogen-bond donors (Lipinski definition) is 2. The minimum Gasteiger partial charge on any atom is -0.350 e. The summed E-state index contributed by atoms with van der Waals surface area (Å²) in [5, 5.41) is 14.9. The fraction of sp³-hybridized carbons (Fsp3) is 0.300. The summed E-state index contributed by atoms with van der Waals surface area (Å²) in [6, 6.07) is 10.7. The Morgan fingerprint density at radius 1 is 1.27 bits per heavy atom. The number of nitrogens with zero attached hydrogens (tertiary/aromatic N) is 3. The van der Waals surface area contributed by atoms with E-state index in [0.717, 1.165) is 19.3 Å². The van der Waals surface area contributed by atoms with Crippen molar-refractivity contribution in [2.75, 3.05) is 11.9 Å². The van der Waals surface area contributed by atoms with Crippen molar-refractivity contribution in [3.8, 4) is 6.07 Å². The van der Waals surface area contributed by atoms with Crippen molar-refractivity contribution >= 4 is 17.5 Å². The van der Waals surface area contributed by atoms with Crippen LogP contribution < -0.4 is 10.6 Å². The number of aromatic nitrogens is 2. The number of carbonyl (C=O) groups excluding carboxylic acids is 1. The van der Waals surface area contributed by atoms with Crippen LogP contribution in [0.4, 0.5) is 11.6 Å². The normalized spacial score (nSPS) is 13.4. The van der Waals surface area contributed by atoms with Crippen molar-refractivity contribution in [2.24, 2.45) is 0 Å². The van der Waals surface area contributed by atoms with Gasteiger partial charge in [-0.15, -0.1) is 0 Å². The van der Waals surface area contributed by atoms with Crippen molar-refractivity contribution in [1.29, 1.82) is 5.26 Å². The number of carbonyl (C=O) groups is 1. The van der Waals surface area contributed by atoms with Gasteiger partial charge in [0, 0.05) is 18.4 Å². The van der Waals surface area contributed by atoms with E-state index in [1.54, 1.807) is 30.5 Å². The maximum atomic E-state index is 12.3. The van der Waals surface area contributed by atoms with Gasteiger partial charge in [-0.1, -0.05) is 17.7 Å². The van der Waals surface area contributed by atoms with Gasteiger partial charge in [0.05, 0.1) is 11.6 Å². The molecule has 0 saturated heterocycles. The summed E-state index contributed by atoms with van der Waals surface area (Å²) in [7, 11) is 0. The zero-order chi connectivity index (χ0) is 18.2. The maximum absolute atomic E-state index is 12.3. The first-order chi connectivity index (χ1) is 12.7. The Morgan fingerprint density at radius 2 is 2.19 bits per heavy atom. The summed E-state index contributed by atoms with van der Waals surface area (Å²) >= 11 is 0. The van der Waals surface area contributed by atoms with E-state index in [1.165, 1.54) is 18.4 Å². The van der Waals surface area contributed by atoms with Crippen molar-refractivity contribution in [3.63, 3.8) is 0 Å². The van der Waals surface area contributed by atoms with Crippen LogP contribution in [0.1, 0.15) is 48.2 Å². The average molecular weight is 347 g/mol. The van der Waals surface area contributed by atoms with E-state index in [2.05, 4.69) is 32.7 Å². The number of anilines is 2. The molecular formula is C20H21N5O. The molecule has 2 aromatic rings. The topological polar surface area (TPSA) is 90.7 Å². The number of nitriles is 1. The van der Waals surface area contributed by atoms with Gasteiger partial charge >= 0.3 is 0 Å². The number of rotatable bonds is 6. The van der Waals surface area contributed by atoms with Crippen LogP contribution in [0.25, 0.3) is 0 Å². The molecule has 1 aliphatic carbocycles. The van der Waals surface area contributed by atoms with E-state index in [0.29, 0.717) is 29.4 Å². The molecule has 1 heterocycles. The highest BCUT2D eigenvalue weighted by molar-refractivity contribution is 5.92. The van der Waals surface area contributed by atoms with E-state index in [-0.39, 0.29) is 5.91 Å². The molecule has 0 aliphatic heterocycles. The minimum absolute atomic E-state index is 0.211. The Kier molecular flexibility index (Phi) is 5.94. The van der Waals surface area contributed by atoms with Crippen LogP contribution in [-0.4, -0.2) is 22.4 Å². The third-order valence-corrected chi connectivity index (χ3v) is 4.25. The van der Waals surface area contributed by atoms with Crippen LogP contribution >= 0.6 is 0 Å². The zero-order valence-electron chi connectivity index (χ0n) is 14.5. The second-order valence-corrected chi connectivity index (χ2v) is 6.20. The lowest BCUT2D eigenvalue weighted by Gasteiger charge is -2.13. The highest BCUT2D eigenvalue weighted by Gasteiger charge is 2.10. The molecule has 0 spiro atoms. The van der Waals surface area contributed by atoms with Gasteiger partial charge in [0.25, 0.3) is 5.91 Å². The predicted octanol–water partition coefficient (Wildman–Crippen LogP) is 3.71. The number of benzene rings is 1. The molecular weight excluding hydrogens is 326 g/mol. The molecule has 1 aliphatic rings. The highest BCUT2D eigenvalue weighted by Crippen LogP contribution is 2.19. The summed E-state index contributed by atoms with van der Waals surface area (Å²) in [5.74, 6) is 0.111. The maximum Gasteiger partial charge on any atom is 0.270 e. The molecule has 0 unspecified atom stereocenters. The van der Waals surface area contributed by atoms with Gasteiger partial charge in [-0.2, -0.15) is 5.26 Å². The third kappa shape index (κ3) is 4.90. The highest BCUT2D eigenvalue weighted by atomic mass is 16.1. The van der Waals surface area contributed by atoms with E-state index >= 15 is 0 Å². The van der Waals surface area contributed by atoms with Gasteiger partial charge in [0.2, 0.25) is 5.95 Å². The first-order valence-corrected chi connectivity index (χ1v) is 8.81. The van der Waals surface area contributed by atoms with E-state index in [9.17, 15) is 4.79 Å². The van der Waals surface area contributed by atoms with Crippen molar-refractivity contribution in [2.45, 2.75) is 32.1 Å².